The fraction of sp³-hybridized carbons (Fsp3) is 0.900. The average molecular weight is 232 g/mol. The third-order valence-electron chi connectivity index (χ3n) is 2.55. The minimum Gasteiger partial charge on any atom is -0.380 e. The molecule has 4 nitrogen and oxygen atoms in total. The van der Waals surface area contributed by atoms with Crippen LogP contribution in [0.25, 0.3) is 0 Å². The van der Waals surface area contributed by atoms with E-state index in [0.717, 1.165) is 18.7 Å². The Kier molecular flexibility index (Phi) is 5.42. The topological polar surface area (TPSA) is 50.4 Å². The van der Waals surface area contributed by atoms with E-state index >= 15 is 0 Å². The van der Waals surface area contributed by atoms with Gasteiger partial charge in [0.1, 0.15) is 0 Å². The molecule has 0 aromatic heterocycles. The van der Waals surface area contributed by atoms with E-state index < -0.39 is 0 Å². The molecular formula is C10H20N2O2S. The fourth-order valence-electron chi connectivity index (χ4n) is 1.72. The molecule has 88 valence electrons. The number of ether oxygens (including phenoxy) is 1. The van der Waals surface area contributed by atoms with Gasteiger partial charge in [0, 0.05) is 25.4 Å². The highest BCUT2D eigenvalue weighted by atomic mass is 32.2. The number of methoxy groups -OCH3 is 1. The van der Waals surface area contributed by atoms with Crippen molar-refractivity contribution in [2.45, 2.75) is 31.5 Å². The molecule has 0 bridgehead atoms. The van der Waals surface area contributed by atoms with Crippen molar-refractivity contribution < 1.29 is 9.53 Å². The smallest absolute Gasteiger partial charge is 0.237 e. The lowest BCUT2D eigenvalue weighted by atomic mass is 10.2. The lowest BCUT2D eigenvalue weighted by Gasteiger charge is -2.16. The average Bonchev–Trinajstić information content (AvgIpc) is 2.66. The number of carbonyl (C=O) groups is 1. The maximum absolute atomic E-state index is 11.8. The first-order chi connectivity index (χ1) is 7.17. The van der Waals surface area contributed by atoms with Gasteiger partial charge < -0.3 is 15.4 Å². The van der Waals surface area contributed by atoms with Crippen molar-refractivity contribution in [2.75, 3.05) is 25.7 Å². The summed E-state index contributed by atoms with van der Waals surface area (Å²) in [7, 11) is 1.68. The van der Waals surface area contributed by atoms with Gasteiger partial charge in [0.25, 0.3) is 0 Å². The summed E-state index contributed by atoms with van der Waals surface area (Å²) in [5, 5.41) is 6.15. The van der Waals surface area contributed by atoms with Crippen LogP contribution in [-0.4, -0.2) is 49.8 Å². The van der Waals surface area contributed by atoms with Gasteiger partial charge in [-0.2, -0.15) is 11.8 Å². The summed E-state index contributed by atoms with van der Waals surface area (Å²) in [5.41, 5.74) is 0. The second kappa shape index (κ2) is 6.35. The minimum atomic E-state index is -0.0840. The lowest BCUT2D eigenvalue weighted by molar-refractivity contribution is -0.123. The molecule has 0 aliphatic carbocycles. The van der Waals surface area contributed by atoms with Gasteiger partial charge in [0.05, 0.1) is 12.1 Å². The van der Waals surface area contributed by atoms with E-state index in [1.807, 2.05) is 13.2 Å². The van der Waals surface area contributed by atoms with Crippen molar-refractivity contribution in [3.63, 3.8) is 0 Å². The summed E-state index contributed by atoms with van der Waals surface area (Å²) >= 11 is 1.74. The van der Waals surface area contributed by atoms with Gasteiger partial charge in [0.15, 0.2) is 0 Å². The van der Waals surface area contributed by atoms with Gasteiger partial charge in [-0.1, -0.05) is 0 Å². The highest BCUT2D eigenvalue weighted by Gasteiger charge is 2.29. The summed E-state index contributed by atoms with van der Waals surface area (Å²) in [4.78, 5) is 11.8. The van der Waals surface area contributed by atoms with Crippen LogP contribution in [0.15, 0.2) is 0 Å². The highest BCUT2D eigenvalue weighted by Crippen LogP contribution is 2.09. The monoisotopic (exact) mass is 232 g/mol. The Balaban J connectivity index is 2.29. The van der Waals surface area contributed by atoms with Crippen LogP contribution in [0, 0.1) is 0 Å². The normalized spacial score (nSPS) is 27.7. The molecule has 1 amide bonds. The zero-order valence-electron chi connectivity index (χ0n) is 9.58. The van der Waals surface area contributed by atoms with E-state index in [-0.39, 0.29) is 24.1 Å². The van der Waals surface area contributed by atoms with Crippen molar-refractivity contribution in [2.24, 2.45) is 0 Å². The predicted octanol–water partition coefficient (Wildman–Crippen LogP) is 0.231. The maximum atomic E-state index is 11.8. The van der Waals surface area contributed by atoms with E-state index in [1.165, 1.54) is 0 Å². The van der Waals surface area contributed by atoms with Gasteiger partial charge in [-0.25, -0.2) is 0 Å². The summed E-state index contributed by atoms with van der Waals surface area (Å²) in [6, 6.07) is 0.148. The summed E-state index contributed by atoms with van der Waals surface area (Å²) in [5.74, 6) is 1.04. The number of thioether (sulfide) groups is 1. The third-order valence-corrected chi connectivity index (χ3v) is 3.38. The van der Waals surface area contributed by atoms with E-state index in [2.05, 4.69) is 10.6 Å². The van der Waals surface area contributed by atoms with Gasteiger partial charge in [-0.05, 0) is 19.6 Å². The highest BCUT2D eigenvalue weighted by molar-refractivity contribution is 7.98. The van der Waals surface area contributed by atoms with Gasteiger partial charge in [0.2, 0.25) is 5.91 Å². The molecule has 1 heterocycles. The molecule has 1 aliphatic heterocycles. The number of nitrogens with one attached hydrogen (secondary N) is 2. The van der Waals surface area contributed by atoms with Crippen molar-refractivity contribution >= 4 is 17.7 Å². The Morgan fingerprint density at radius 1 is 1.73 bits per heavy atom. The number of carbonyl (C=O) groups excluding carboxylic acids is 1. The molecule has 0 saturated carbocycles. The van der Waals surface area contributed by atoms with Gasteiger partial charge >= 0.3 is 0 Å². The number of amides is 1. The van der Waals surface area contributed by atoms with Crippen molar-refractivity contribution in [3.05, 3.63) is 0 Å². The Bertz CT molecular complexity index is 214. The van der Waals surface area contributed by atoms with Crippen LogP contribution in [0.5, 0.6) is 0 Å². The van der Waals surface area contributed by atoms with E-state index in [0.29, 0.717) is 0 Å². The first kappa shape index (κ1) is 12.8. The number of hydrogen-bond acceptors (Lipinski definition) is 4. The first-order valence-corrected chi connectivity index (χ1v) is 6.62. The molecule has 0 radical (unpaired) electrons. The molecule has 2 N–H and O–H groups in total. The van der Waals surface area contributed by atoms with E-state index in [9.17, 15) is 4.79 Å². The molecule has 15 heavy (non-hydrogen) atoms. The van der Waals surface area contributed by atoms with Crippen LogP contribution in [0.3, 0.4) is 0 Å². The fourth-order valence-corrected chi connectivity index (χ4v) is 2.30. The molecule has 1 saturated heterocycles. The van der Waals surface area contributed by atoms with Crippen LogP contribution in [-0.2, 0) is 9.53 Å². The Morgan fingerprint density at radius 3 is 3.00 bits per heavy atom. The molecule has 1 rings (SSSR count). The Morgan fingerprint density at radius 2 is 2.47 bits per heavy atom. The first-order valence-electron chi connectivity index (χ1n) is 5.22. The largest absolute Gasteiger partial charge is 0.380 e. The zero-order chi connectivity index (χ0) is 11.3. The molecule has 3 atom stereocenters. The molecule has 1 fully saturated rings. The molecule has 3 unspecified atom stereocenters. The predicted molar refractivity (Wildman–Crippen MR) is 63.2 cm³/mol. The Hall–Kier alpha value is -0.260. The van der Waals surface area contributed by atoms with Crippen molar-refractivity contribution in [1.29, 1.82) is 0 Å². The van der Waals surface area contributed by atoms with Crippen LogP contribution in [0.2, 0.25) is 0 Å². The molecule has 1 aliphatic rings. The minimum absolute atomic E-state index is 0.0840. The standard InChI is InChI=1S/C10H20N2O2S/c1-7(6-15-3)12-10(13)9-4-8(14-2)5-11-9/h7-9,11H,4-6H2,1-3H3,(H,12,13). The van der Waals surface area contributed by atoms with Crippen LogP contribution >= 0.6 is 11.8 Å². The van der Waals surface area contributed by atoms with Crippen LogP contribution < -0.4 is 10.6 Å². The second-order valence-electron chi connectivity index (χ2n) is 3.92. The molecule has 5 heteroatoms. The van der Waals surface area contributed by atoms with E-state index in [1.54, 1.807) is 18.9 Å². The molecular weight excluding hydrogens is 212 g/mol. The van der Waals surface area contributed by atoms with E-state index in [4.69, 9.17) is 4.74 Å². The van der Waals surface area contributed by atoms with Crippen molar-refractivity contribution in [3.8, 4) is 0 Å². The Labute approximate surface area is 95.5 Å². The SMILES string of the molecule is COC1CNC(C(=O)NC(C)CSC)C1. The molecule has 0 spiro atoms. The molecule has 0 aromatic carbocycles. The van der Waals surface area contributed by atoms with Gasteiger partial charge in [-0.3, -0.25) is 4.79 Å². The summed E-state index contributed by atoms with van der Waals surface area (Å²) in [6.45, 7) is 2.79. The summed E-state index contributed by atoms with van der Waals surface area (Å²) < 4.78 is 5.20. The number of hydrogen-bond donors (Lipinski definition) is 2. The zero-order valence-corrected chi connectivity index (χ0v) is 10.4. The van der Waals surface area contributed by atoms with Crippen molar-refractivity contribution in [1.82, 2.24) is 10.6 Å². The lowest BCUT2D eigenvalue weighted by Crippen LogP contribution is -2.45. The van der Waals surface area contributed by atoms with Gasteiger partial charge in [-0.15, -0.1) is 0 Å². The third kappa shape index (κ3) is 4.01. The molecule has 0 aromatic rings. The van der Waals surface area contributed by atoms with Crippen LogP contribution in [0.1, 0.15) is 13.3 Å². The quantitative estimate of drug-likeness (QED) is 0.712. The van der Waals surface area contributed by atoms with Crippen LogP contribution in [0.4, 0.5) is 0 Å². The maximum Gasteiger partial charge on any atom is 0.237 e. The summed E-state index contributed by atoms with van der Waals surface area (Å²) in [6.07, 6.45) is 2.99. The number of rotatable bonds is 5. The second-order valence-corrected chi connectivity index (χ2v) is 4.83.